The van der Waals surface area contributed by atoms with Gasteiger partial charge < -0.3 is 15.0 Å². The second-order valence-electron chi connectivity index (χ2n) is 6.22. The Morgan fingerprint density at radius 2 is 2.00 bits per heavy atom. The van der Waals surface area contributed by atoms with Gasteiger partial charge in [-0.2, -0.15) is 17.0 Å². The Labute approximate surface area is 168 Å². The number of hydrogen-bond acceptors (Lipinski definition) is 5. The standard InChI is InChI=1S/C21H21N3O3S/c22-13-16-5-1-2-6-17(16)15-28-12-10-23-20(25)9-11-24-18-7-3-4-8-19(18)27-14-21(24)26/h1-8H,9-12,14-15H2,(H,23,25). The van der Waals surface area contributed by atoms with Crippen molar-refractivity contribution in [3.63, 3.8) is 0 Å². The fourth-order valence-corrected chi connectivity index (χ4v) is 3.76. The molecule has 1 aliphatic heterocycles. The molecule has 2 amide bonds. The average molecular weight is 395 g/mol. The first-order chi connectivity index (χ1) is 13.7. The highest BCUT2D eigenvalue weighted by atomic mass is 32.2. The fraction of sp³-hybridized carbons (Fsp3) is 0.286. The van der Waals surface area contributed by atoms with Gasteiger partial charge in [-0.1, -0.05) is 30.3 Å². The molecule has 1 aliphatic rings. The van der Waals surface area contributed by atoms with Crippen LogP contribution in [-0.2, 0) is 15.3 Å². The zero-order valence-electron chi connectivity index (χ0n) is 15.4. The lowest BCUT2D eigenvalue weighted by molar-refractivity contribution is -0.122. The number of nitriles is 1. The van der Waals surface area contributed by atoms with Gasteiger partial charge in [-0.05, 0) is 23.8 Å². The van der Waals surface area contributed by atoms with Gasteiger partial charge in [-0.3, -0.25) is 9.59 Å². The summed E-state index contributed by atoms with van der Waals surface area (Å²) < 4.78 is 5.40. The maximum Gasteiger partial charge on any atom is 0.265 e. The van der Waals surface area contributed by atoms with Gasteiger partial charge in [0.05, 0.1) is 17.3 Å². The lowest BCUT2D eigenvalue weighted by Crippen LogP contribution is -2.41. The molecule has 2 aromatic carbocycles. The van der Waals surface area contributed by atoms with Crippen LogP contribution in [0.2, 0.25) is 0 Å². The van der Waals surface area contributed by atoms with E-state index in [9.17, 15) is 9.59 Å². The van der Waals surface area contributed by atoms with E-state index in [1.54, 1.807) is 16.7 Å². The summed E-state index contributed by atoms with van der Waals surface area (Å²) in [5, 5.41) is 12.0. The first-order valence-electron chi connectivity index (χ1n) is 9.03. The molecule has 0 saturated carbocycles. The van der Waals surface area contributed by atoms with Crippen LogP contribution in [0.3, 0.4) is 0 Å². The Kier molecular flexibility index (Phi) is 6.93. The average Bonchev–Trinajstić information content (AvgIpc) is 2.73. The second-order valence-corrected chi connectivity index (χ2v) is 7.33. The van der Waals surface area contributed by atoms with Crippen LogP contribution in [-0.4, -0.2) is 37.3 Å². The number of fused-ring (bicyclic) bond motifs is 1. The number of nitrogens with one attached hydrogen (secondary N) is 1. The van der Waals surface area contributed by atoms with Crippen molar-refractivity contribution in [1.82, 2.24) is 5.32 Å². The van der Waals surface area contributed by atoms with Gasteiger partial charge in [0.15, 0.2) is 6.61 Å². The first-order valence-corrected chi connectivity index (χ1v) is 10.2. The summed E-state index contributed by atoms with van der Waals surface area (Å²) in [4.78, 5) is 25.8. The molecular weight excluding hydrogens is 374 g/mol. The number of thioether (sulfide) groups is 1. The number of hydrogen-bond donors (Lipinski definition) is 1. The topological polar surface area (TPSA) is 82.4 Å². The Morgan fingerprint density at radius 1 is 1.21 bits per heavy atom. The van der Waals surface area contributed by atoms with E-state index in [4.69, 9.17) is 10.00 Å². The van der Waals surface area contributed by atoms with Crippen LogP contribution in [0.4, 0.5) is 5.69 Å². The molecule has 6 nitrogen and oxygen atoms in total. The molecule has 0 spiro atoms. The molecule has 1 heterocycles. The van der Waals surface area contributed by atoms with Gasteiger partial charge in [0.25, 0.3) is 5.91 Å². The van der Waals surface area contributed by atoms with E-state index in [2.05, 4.69) is 11.4 Å². The molecule has 7 heteroatoms. The number of benzene rings is 2. The highest BCUT2D eigenvalue weighted by molar-refractivity contribution is 7.98. The molecule has 0 fully saturated rings. The highest BCUT2D eigenvalue weighted by Gasteiger charge is 2.25. The zero-order chi connectivity index (χ0) is 19.8. The van der Waals surface area contributed by atoms with E-state index >= 15 is 0 Å². The predicted octanol–water partition coefficient (Wildman–Crippen LogP) is 2.72. The highest BCUT2D eigenvalue weighted by Crippen LogP contribution is 2.31. The van der Waals surface area contributed by atoms with Gasteiger partial charge in [0, 0.05) is 31.0 Å². The van der Waals surface area contributed by atoms with Crippen molar-refractivity contribution in [1.29, 1.82) is 5.26 Å². The summed E-state index contributed by atoms with van der Waals surface area (Å²) in [6, 6.07) is 17.0. The van der Waals surface area contributed by atoms with Crippen molar-refractivity contribution in [2.45, 2.75) is 12.2 Å². The minimum atomic E-state index is -0.141. The molecule has 3 rings (SSSR count). The van der Waals surface area contributed by atoms with Crippen molar-refractivity contribution in [2.24, 2.45) is 0 Å². The maximum atomic E-state index is 12.1. The van der Waals surface area contributed by atoms with E-state index in [0.29, 0.717) is 30.1 Å². The van der Waals surface area contributed by atoms with E-state index < -0.39 is 0 Å². The number of carbonyl (C=O) groups is 2. The molecule has 0 atom stereocenters. The molecule has 0 saturated heterocycles. The molecule has 28 heavy (non-hydrogen) atoms. The third-order valence-corrected chi connectivity index (χ3v) is 5.34. The second kappa shape index (κ2) is 9.81. The van der Waals surface area contributed by atoms with Gasteiger partial charge in [0.2, 0.25) is 5.91 Å². The number of carbonyl (C=O) groups excluding carboxylic acids is 2. The van der Waals surface area contributed by atoms with E-state index in [-0.39, 0.29) is 24.8 Å². The molecule has 0 radical (unpaired) electrons. The largest absolute Gasteiger partial charge is 0.482 e. The third-order valence-electron chi connectivity index (χ3n) is 4.33. The van der Waals surface area contributed by atoms with Crippen molar-refractivity contribution in [3.05, 3.63) is 59.7 Å². The summed E-state index contributed by atoms with van der Waals surface area (Å²) >= 11 is 1.67. The van der Waals surface area contributed by atoms with Crippen molar-refractivity contribution >= 4 is 29.3 Å². The molecule has 1 N–H and O–H groups in total. The summed E-state index contributed by atoms with van der Waals surface area (Å²) in [6.07, 6.45) is 0.238. The minimum absolute atomic E-state index is 0.000552. The maximum absolute atomic E-state index is 12.1. The lowest BCUT2D eigenvalue weighted by atomic mass is 10.1. The van der Waals surface area contributed by atoms with Gasteiger partial charge in [-0.25, -0.2) is 0 Å². The van der Waals surface area contributed by atoms with Crippen molar-refractivity contribution in [2.75, 3.05) is 30.3 Å². The molecule has 0 unspecified atom stereocenters. The summed E-state index contributed by atoms with van der Waals surface area (Å²) in [5.74, 6) is 1.92. The fourth-order valence-electron chi connectivity index (χ4n) is 2.90. The third kappa shape index (κ3) is 5.05. The van der Waals surface area contributed by atoms with Crippen LogP contribution in [0.15, 0.2) is 48.5 Å². The number of nitrogens with zero attached hydrogens (tertiary/aromatic N) is 2. The monoisotopic (exact) mass is 395 g/mol. The molecular formula is C21H21N3O3S. The van der Waals surface area contributed by atoms with Crippen molar-refractivity contribution in [3.8, 4) is 11.8 Å². The molecule has 0 aromatic heterocycles. The lowest BCUT2D eigenvalue weighted by Gasteiger charge is -2.29. The van der Waals surface area contributed by atoms with Gasteiger partial charge in [-0.15, -0.1) is 0 Å². The smallest absolute Gasteiger partial charge is 0.265 e. The number of amides is 2. The normalized spacial score (nSPS) is 12.7. The van der Waals surface area contributed by atoms with Crippen LogP contribution in [0, 0.1) is 11.3 Å². The van der Waals surface area contributed by atoms with Crippen LogP contribution < -0.4 is 15.0 Å². The van der Waals surface area contributed by atoms with Crippen LogP contribution in [0.5, 0.6) is 5.75 Å². The van der Waals surface area contributed by atoms with Crippen LogP contribution in [0.25, 0.3) is 0 Å². The SMILES string of the molecule is N#Cc1ccccc1CSCCNC(=O)CCN1C(=O)COc2ccccc21. The quantitative estimate of drug-likeness (QED) is 0.695. The Hall–Kier alpha value is -2.98. The molecule has 2 aromatic rings. The summed E-state index contributed by atoms with van der Waals surface area (Å²) in [5.41, 5.74) is 2.40. The van der Waals surface area contributed by atoms with Crippen LogP contribution >= 0.6 is 11.8 Å². The van der Waals surface area contributed by atoms with Crippen molar-refractivity contribution < 1.29 is 14.3 Å². The van der Waals surface area contributed by atoms with E-state index in [1.165, 1.54) is 0 Å². The Balaban J connectivity index is 1.38. The number of anilines is 1. The minimum Gasteiger partial charge on any atom is -0.482 e. The van der Waals surface area contributed by atoms with Gasteiger partial charge >= 0.3 is 0 Å². The van der Waals surface area contributed by atoms with Gasteiger partial charge in [0.1, 0.15) is 5.75 Å². The molecule has 144 valence electrons. The summed E-state index contributed by atoms with van der Waals surface area (Å²) in [7, 11) is 0. The molecule has 0 aliphatic carbocycles. The summed E-state index contributed by atoms with van der Waals surface area (Å²) in [6.45, 7) is 0.874. The van der Waals surface area contributed by atoms with E-state index in [1.807, 2.05) is 48.5 Å². The zero-order valence-corrected chi connectivity index (χ0v) is 16.2. The van der Waals surface area contributed by atoms with Crippen LogP contribution in [0.1, 0.15) is 17.5 Å². The Bertz CT molecular complexity index is 894. The number of para-hydroxylation sites is 2. The predicted molar refractivity (Wildman–Crippen MR) is 109 cm³/mol. The molecule has 0 bridgehead atoms. The number of ether oxygens (including phenoxy) is 1. The van der Waals surface area contributed by atoms with E-state index in [0.717, 1.165) is 17.1 Å². The number of rotatable bonds is 8. The first kappa shape index (κ1) is 19.8. The Morgan fingerprint density at radius 3 is 2.86 bits per heavy atom.